The van der Waals surface area contributed by atoms with E-state index >= 15 is 0 Å². The number of hydrogen-bond acceptors (Lipinski definition) is 4. The molecule has 0 amide bonds. The lowest BCUT2D eigenvalue weighted by Crippen LogP contribution is -2.16. The maximum absolute atomic E-state index is 10.4. The summed E-state index contributed by atoms with van der Waals surface area (Å²) in [6, 6.07) is 7.56. The molecule has 0 aliphatic rings. The molecule has 0 bridgehead atoms. The lowest BCUT2D eigenvalue weighted by molar-refractivity contribution is -0.131. The van der Waals surface area contributed by atoms with Crippen molar-refractivity contribution in [2.75, 3.05) is 11.9 Å². The number of carbonyl (C=O) groups is 1. The van der Waals surface area contributed by atoms with Gasteiger partial charge in [0.2, 0.25) is 0 Å². The minimum atomic E-state index is -0.972. The fraction of sp³-hybridized carbons (Fsp3) is 0.143. The van der Waals surface area contributed by atoms with Gasteiger partial charge in [0.05, 0.1) is 10.9 Å². The summed E-state index contributed by atoms with van der Waals surface area (Å²) < 4.78 is 0.774. The van der Waals surface area contributed by atoms with Crippen LogP contribution in [-0.2, 0) is 11.3 Å². The zero-order valence-electron chi connectivity index (χ0n) is 10.8. The molecule has 0 aromatic carbocycles. The molecule has 2 rings (SSSR count). The van der Waals surface area contributed by atoms with E-state index in [2.05, 4.69) is 4.98 Å². The third-order valence-corrected chi connectivity index (χ3v) is 3.82. The molecule has 0 saturated heterocycles. The second-order valence-corrected chi connectivity index (χ2v) is 5.98. The van der Waals surface area contributed by atoms with Gasteiger partial charge in [-0.05, 0) is 35.9 Å². The van der Waals surface area contributed by atoms with Crippen molar-refractivity contribution in [3.05, 3.63) is 51.3 Å². The molecule has 4 nitrogen and oxygen atoms in total. The van der Waals surface area contributed by atoms with Gasteiger partial charge in [-0.1, -0.05) is 11.6 Å². The van der Waals surface area contributed by atoms with Crippen LogP contribution in [0.3, 0.4) is 0 Å². The quantitative estimate of drug-likeness (QED) is 0.859. The van der Waals surface area contributed by atoms with E-state index in [9.17, 15) is 4.79 Å². The van der Waals surface area contributed by atoms with Gasteiger partial charge in [-0.3, -0.25) is 0 Å². The van der Waals surface area contributed by atoms with Crippen LogP contribution in [0.15, 0.2) is 36.5 Å². The molecule has 2 heterocycles. The van der Waals surface area contributed by atoms with Crippen molar-refractivity contribution >= 4 is 40.8 Å². The first-order valence-electron chi connectivity index (χ1n) is 5.87. The lowest BCUT2D eigenvalue weighted by atomic mass is 10.2. The van der Waals surface area contributed by atoms with Crippen LogP contribution in [0.5, 0.6) is 0 Å². The summed E-state index contributed by atoms with van der Waals surface area (Å²) in [5.41, 5.74) is 0.753. The maximum Gasteiger partial charge on any atom is 0.328 e. The number of rotatable bonds is 5. The van der Waals surface area contributed by atoms with E-state index in [4.69, 9.17) is 16.7 Å². The number of aliphatic carboxylic acids is 1. The molecule has 1 N–H and O–H groups in total. The largest absolute Gasteiger partial charge is 0.478 e. The molecule has 0 radical (unpaired) electrons. The Bertz CT molecular complexity index is 622. The predicted molar refractivity (Wildman–Crippen MR) is 82.3 cm³/mol. The predicted octanol–water partition coefficient (Wildman–Crippen LogP) is 3.53. The molecule has 2 aromatic rings. The summed E-state index contributed by atoms with van der Waals surface area (Å²) in [5.74, 6) is -0.150. The summed E-state index contributed by atoms with van der Waals surface area (Å²) in [7, 11) is 1.95. The Labute approximate surface area is 126 Å². The molecule has 0 unspecified atom stereocenters. The highest BCUT2D eigenvalue weighted by atomic mass is 35.5. The normalized spacial score (nSPS) is 10.9. The van der Waals surface area contributed by atoms with E-state index in [1.165, 1.54) is 6.08 Å². The van der Waals surface area contributed by atoms with Gasteiger partial charge < -0.3 is 10.0 Å². The molecule has 104 valence electrons. The monoisotopic (exact) mass is 308 g/mol. The highest BCUT2D eigenvalue weighted by molar-refractivity contribution is 7.16. The van der Waals surface area contributed by atoms with Gasteiger partial charge in [0.25, 0.3) is 0 Å². The smallest absolute Gasteiger partial charge is 0.328 e. The van der Waals surface area contributed by atoms with Crippen LogP contribution in [0.25, 0.3) is 6.08 Å². The number of carboxylic acid groups (broad SMARTS) is 1. The van der Waals surface area contributed by atoms with Gasteiger partial charge in [0.1, 0.15) is 5.82 Å². The average Bonchev–Trinajstić information content (AvgIpc) is 2.82. The highest BCUT2D eigenvalue weighted by Crippen LogP contribution is 2.23. The summed E-state index contributed by atoms with van der Waals surface area (Å²) in [6.07, 6.45) is 4.25. The number of halogens is 1. The minimum absolute atomic E-state index is 0.731. The molecule has 20 heavy (non-hydrogen) atoms. The number of thiophene rings is 1. The Balaban J connectivity index is 2.03. The number of hydrogen-bond donors (Lipinski definition) is 1. The van der Waals surface area contributed by atoms with Crippen LogP contribution >= 0.6 is 22.9 Å². The molecule has 0 atom stereocenters. The molecule has 6 heteroatoms. The Morgan fingerprint density at radius 2 is 2.25 bits per heavy atom. The molecular formula is C14H13ClN2O2S. The average molecular weight is 309 g/mol. The Morgan fingerprint density at radius 1 is 1.45 bits per heavy atom. The Hall–Kier alpha value is -1.85. The van der Waals surface area contributed by atoms with E-state index in [-0.39, 0.29) is 0 Å². The summed E-state index contributed by atoms with van der Waals surface area (Å²) in [6.45, 7) is 0.731. The van der Waals surface area contributed by atoms with Gasteiger partial charge in [0.15, 0.2) is 0 Å². The van der Waals surface area contributed by atoms with Crippen molar-refractivity contribution in [2.45, 2.75) is 6.54 Å². The van der Waals surface area contributed by atoms with Crippen molar-refractivity contribution in [1.29, 1.82) is 0 Å². The van der Waals surface area contributed by atoms with Gasteiger partial charge in [-0.2, -0.15) is 0 Å². The molecule has 0 spiro atoms. The summed E-state index contributed by atoms with van der Waals surface area (Å²) in [5, 5.41) is 8.56. The SMILES string of the molecule is CN(Cc1ccc(Cl)s1)c1ccc(/C=C/C(=O)O)cn1. The minimum Gasteiger partial charge on any atom is -0.478 e. The van der Waals surface area contributed by atoms with Crippen molar-refractivity contribution < 1.29 is 9.90 Å². The third-order valence-electron chi connectivity index (χ3n) is 2.60. The standard InChI is InChI=1S/C14H13ClN2O2S/c1-17(9-11-4-5-12(15)20-11)13-6-2-10(8-16-13)3-7-14(18)19/h2-8H,9H2,1H3,(H,18,19)/b7-3+. The first kappa shape index (κ1) is 14.6. The van der Waals surface area contributed by atoms with Crippen LogP contribution in [-0.4, -0.2) is 23.1 Å². The van der Waals surface area contributed by atoms with Crippen LogP contribution in [0.4, 0.5) is 5.82 Å². The second kappa shape index (κ2) is 6.54. The molecular weight excluding hydrogens is 296 g/mol. The first-order chi connectivity index (χ1) is 9.54. The number of pyridine rings is 1. The van der Waals surface area contributed by atoms with Crippen LogP contribution < -0.4 is 4.90 Å². The number of nitrogens with zero attached hydrogens (tertiary/aromatic N) is 2. The molecule has 0 saturated carbocycles. The van der Waals surface area contributed by atoms with Crippen LogP contribution in [0.2, 0.25) is 4.34 Å². The zero-order chi connectivity index (χ0) is 14.5. The van der Waals surface area contributed by atoms with Crippen LogP contribution in [0.1, 0.15) is 10.4 Å². The fourth-order valence-electron chi connectivity index (χ4n) is 1.64. The van der Waals surface area contributed by atoms with E-state index in [1.54, 1.807) is 17.5 Å². The Kier molecular flexibility index (Phi) is 4.76. The summed E-state index contributed by atoms with van der Waals surface area (Å²) >= 11 is 7.44. The van der Waals surface area contributed by atoms with E-state index in [0.29, 0.717) is 0 Å². The van der Waals surface area contributed by atoms with Crippen molar-refractivity contribution in [3.63, 3.8) is 0 Å². The molecule has 0 aliphatic heterocycles. The topological polar surface area (TPSA) is 53.4 Å². The van der Waals surface area contributed by atoms with Gasteiger partial charge in [-0.25, -0.2) is 9.78 Å². The summed E-state index contributed by atoms with van der Waals surface area (Å²) in [4.78, 5) is 17.9. The maximum atomic E-state index is 10.4. The fourth-order valence-corrected chi connectivity index (χ4v) is 2.78. The number of aromatic nitrogens is 1. The van der Waals surface area contributed by atoms with Gasteiger partial charge in [-0.15, -0.1) is 11.3 Å². The Morgan fingerprint density at radius 3 is 2.80 bits per heavy atom. The van der Waals surface area contributed by atoms with E-state index in [0.717, 1.165) is 33.2 Å². The highest BCUT2D eigenvalue weighted by Gasteiger charge is 2.05. The van der Waals surface area contributed by atoms with Crippen molar-refractivity contribution in [1.82, 2.24) is 4.98 Å². The number of anilines is 1. The zero-order valence-corrected chi connectivity index (χ0v) is 12.4. The second-order valence-electron chi connectivity index (χ2n) is 4.18. The van der Waals surface area contributed by atoms with E-state index in [1.807, 2.05) is 36.2 Å². The number of carboxylic acids is 1. The van der Waals surface area contributed by atoms with E-state index < -0.39 is 5.97 Å². The lowest BCUT2D eigenvalue weighted by Gasteiger charge is -2.17. The first-order valence-corrected chi connectivity index (χ1v) is 7.06. The molecule has 2 aromatic heterocycles. The van der Waals surface area contributed by atoms with Crippen LogP contribution in [0, 0.1) is 0 Å². The van der Waals surface area contributed by atoms with Crippen molar-refractivity contribution in [3.8, 4) is 0 Å². The van der Waals surface area contributed by atoms with Gasteiger partial charge in [0, 0.05) is 24.2 Å². The molecule has 0 aliphatic carbocycles. The molecule has 0 fully saturated rings. The third kappa shape index (κ3) is 4.08. The van der Waals surface area contributed by atoms with Crippen molar-refractivity contribution in [2.24, 2.45) is 0 Å². The van der Waals surface area contributed by atoms with Gasteiger partial charge >= 0.3 is 5.97 Å².